The zero-order valence-electron chi connectivity index (χ0n) is 11.4. The van der Waals surface area contributed by atoms with Gasteiger partial charge < -0.3 is 14.4 Å². The van der Waals surface area contributed by atoms with Gasteiger partial charge in [0.2, 0.25) is 0 Å². The molecule has 4 nitrogen and oxygen atoms in total. The molecule has 2 aliphatic rings. The Labute approximate surface area is 106 Å². The summed E-state index contributed by atoms with van der Waals surface area (Å²) in [5, 5.41) is 7.23. The quantitative estimate of drug-likeness (QED) is 0.749. The van der Waals surface area contributed by atoms with Gasteiger partial charge in [0.05, 0.1) is 13.2 Å². The molecule has 0 aromatic heterocycles. The summed E-state index contributed by atoms with van der Waals surface area (Å²) in [4.78, 5) is 0. The Bertz CT molecular complexity index is 249. The van der Waals surface area contributed by atoms with Crippen LogP contribution in [0, 0.1) is 0 Å². The number of hydrogen-bond donors (Lipinski definition) is 2. The van der Waals surface area contributed by atoms with Crippen LogP contribution in [0.25, 0.3) is 0 Å². The summed E-state index contributed by atoms with van der Waals surface area (Å²) < 4.78 is 11.3. The van der Waals surface area contributed by atoms with Crippen molar-refractivity contribution in [3.8, 4) is 0 Å². The van der Waals surface area contributed by atoms with Gasteiger partial charge in [-0.1, -0.05) is 0 Å². The third-order valence-corrected chi connectivity index (χ3v) is 4.59. The van der Waals surface area contributed by atoms with E-state index in [0.29, 0.717) is 6.04 Å². The van der Waals surface area contributed by atoms with E-state index in [-0.39, 0.29) is 11.1 Å². The SMILES string of the molecule is CC1(C)CC(NP2OCCCO2)CC(C)(C)N1. The smallest absolute Gasteiger partial charge is 0.256 e. The van der Waals surface area contributed by atoms with Crippen molar-refractivity contribution in [2.75, 3.05) is 13.2 Å². The molecule has 2 aliphatic heterocycles. The molecule has 0 spiro atoms. The molecule has 0 aromatic rings. The molecule has 0 amide bonds. The normalized spacial score (nSPS) is 30.4. The standard InChI is InChI=1S/C12H25N2O2P/c1-11(2)8-10(9-12(3,4)14-11)13-17-15-6-5-7-16-17/h10,13-14H,5-9H2,1-4H3. The fourth-order valence-corrected chi connectivity index (χ4v) is 4.32. The van der Waals surface area contributed by atoms with Gasteiger partial charge >= 0.3 is 0 Å². The average molecular weight is 260 g/mol. The molecule has 2 N–H and O–H groups in total. The molecule has 5 heteroatoms. The maximum Gasteiger partial charge on any atom is 0.256 e. The zero-order valence-corrected chi connectivity index (χ0v) is 12.3. The van der Waals surface area contributed by atoms with E-state index in [0.717, 1.165) is 32.5 Å². The first-order valence-electron chi connectivity index (χ1n) is 6.48. The molecule has 0 aromatic carbocycles. The first kappa shape index (κ1) is 13.7. The number of hydrogen-bond acceptors (Lipinski definition) is 4. The third kappa shape index (κ3) is 4.15. The van der Waals surface area contributed by atoms with Gasteiger partial charge in [-0.05, 0) is 47.0 Å². The van der Waals surface area contributed by atoms with Crippen LogP contribution >= 0.6 is 8.53 Å². The molecule has 2 heterocycles. The van der Waals surface area contributed by atoms with Crippen molar-refractivity contribution in [1.82, 2.24) is 10.4 Å². The maximum absolute atomic E-state index is 5.63. The minimum atomic E-state index is -0.855. The lowest BCUT2D eigenvalue weighted by Gasteiger charge is -2.47. The van der Waals surface area contributed by atoms with Gasteiger partial charge in [0.25, 0.3) is 8.53 Å². The molecule has 0 radical (unpaired) electrons. The number of nitrogens with one attached hydrogen (secondary N) is 2. The highest BCUT2D eigenvalue weighted by Crippen LogP contribution is 2.40. The lowest BCUT2D eigenvalue weighted by Crippen LogP contribution is -2.61. The predicted octanol–water partition coefficient (Wildman–Crippen LogP) is 2.55. The molecule has 0 atom stereocenters. The zero-order chi connectivity index (χ0) is 12.5. The Morgan fingerprint density at radius 3 is 2.12 bits per heavy atom. The van der Waals surface area contributed by atoms with Gasteiger partial charge in [-0.2, -0.15) is 0 Å². The summed E-state index contributed by atoms with van der Waals surface area (Å²) in [7, 11) is -0.855. The van der Waals surface area contributed by atoms with E-state index in [9.17, 15) is 0 Å². The first-order valence-corrected chi connectivity index (χ1v) is 7.66. The van der Waals surface area contributed by atoms with E-state index in [1.54, 1.807) is 0 Å². The second-order valence-electron chi connectivity index (χ2n) is 6.40. The van der Waals surface area contributed by atoms with Crippen molar-refractivity contribution in [3.63, 3.8) is 0 Å². The fourth-order valence-electron chi connectivity index (χ4n) is 3.03. The lowest BCUT2D eigenvalue weighted by atomic mass is 9.80. The second kappa shape index (κ2) is 5.10. The van der Waals surface area contributed by atoms with Crippen LogP contribution in [0.3, 0.4) is 0 Å². The molecule has 17 heavy (non-hydrogen) atoms. The highest BCUT2D eigenvalue weighted by atomic mass is 31.2. The molecular formula is C12H25N2O2P. The highest BCUT2D eigenvalue weighted by molar-refractivity contribution is 7.45. The Hall–Kier alpha value is 0.270. The molecule has 0 bridgehead atoms. The predicted molar refractivity (Wildman–Crippen MR) is 70.9 cm³/mol. The van der Waals surface area contributed by atoms with Crippen LogP contribution in [-0.4, -0.2) is 30.3 Å². The van der Waals surface area contributed by atoms with Crippen molar-refractivity contribution in [2.45, 2.75) is 64.1 Å². The van der Waals surface area contributed by atoms with E-state index in [4.69, 9.17) is 9.05 Å². The Morgan fingerprint density at radius 2 is 1.59 bits per heavy atom. The lowest BCUT2D eigenvalue weighted by molar-refractivity contribution is 0.139. The molecule has 2 fully saturated rings. The Morgan fingerprint density at radius 1 is 1.06 bits per heavy atom. The van der Waals surface area contributed by atoms with Crippen LogP contribution in [0.4, 0.5) is 0 Å². The topological polar surface area (TPSA) is 42.5 Å². The summed E-state index contributed by atoms with van der Waals surface area (Å²) in [6.45, 7) is 10.7. The van der Waals surface area contributed by atoms with Crippen LogP contribution in [0.5, 0.6) is 0 Å². The van der Waals surface area contributed by atoms with Gasteiger partial charge in [0, 0.05) is 17.1 Å². The monoisotopic (exact) mass is 260 g/mol. The van der Waals surface area contributed by atoms with E-state index in [2.05, 4.69) is 38.1 Å². The second-order valence-corrected chi connectivity index (χ2v) is 7.69. The van der Waals surface area contributed by atoms with Gasteiger partial charge in [-0.25, -0.2) is 5.09 Å². The van der Waals surface area contributed by atoms with Crippen molar-refractivity contribution in [3.05, 3.63) is 0 Å². The largest absolute Gasteiger partial charge is 0.322 e. The third-order valence-electron chi connectivity index (χ3n) is 3.18. The minimum Gasteiger partial charge on any atom is -0.322 e. The van der Waals surface area contributed by atoms with E-state index in [1.807, 2.05) is 0 Å². The molecule has 100 valence electrons. The van der Waals surface area contributed by atoms with Crippen LogP contribution in [0.2, 0.25) is 0 Å². The number of rotatable bonds is 2. The summed E-state index contributed by atoms with van der Waals surface area (Å²) in [6.07, 6.45) is 3.24. The summed E-state index contributed by atoms with van der Waals surface area (Å²) in [6, 6.07) is 0.477. The van der Waals surface area contributed by atoms with Crippen LogP contribution in [0.1, 0.15) is 47.0 Å². The summed E-state index contributed by atoms with van der Waals surface area (Å²) in [5.74, 6) is 0. The van der Waals surface area contributed by atoms with Crippen molar-refractivity contribution in [2.24, 2.45) is 0 Å². The van der Waals surface area contributed by atoms with Gasteiger partial charge in [0.1, 0.15) is 0 Å². The Kier molecular flexibility index (Phi) is 4.11. The van der Waals surface area contributed by atoms with E-state index in [1.165, 1.54) is 0 Å². The molecule has 2 rings (SSSR count). The molecular weight excluding hydrogens is 235 g/mol. The first-order chi connectivity index (χ1) is 7.86. The van der Waals surface area contributed by atoms with Crippen molar-refractivity contribution < 1.29 is 9.05 Å². The highest BCUT2D eigenvalue weighted by Gasteiger charge is 2.38. The molecule has 0 unspecified atom stereocenters. The Balaban J connectivity index is 1.91. The number of piperidine rings is 1. The molecule has 0 aliphatic carbocycles. The van der Waals surface area contributed by atoms with Crippen LogP contribution < -0.4 is 10.4 Å². The maximum atomic E-state index is 5.63. The van der Waals surface area contributed by atoms with Crippen molar-refractivity contribution in [1.29, 1.82) is 0 Å². The van der Waals surface area contributed by atoms with Crippen LogP contribution in [0.15, 0.2) is 0 Å². The average Bonchev–Trinajstić information content (AvgIpc) is 2.13. The molecule has 0 saturated carbocycles. The summed E-state index contributed by atoms with van der Waals surface area (Å²) >= 11 is 0. The summed E-state index contributed by atoms with van der Waals surface area (Å²) in [5.41, 5.74) is 0.342. The minimum absolute atomic E-state index is 0.171. The fraction of sp³-hybridized carbons (Fsp3) is 1.00. The van der Waals surface area contributed by atoms with Crippen LogP contribution in [-0.2, 0) is 9.05 Å². The van der Waals surface area contributed by atoms with Gasteiger partial charge in [-0.3, -0.25) is 0 Å². The van der Waals surface area contributed by atoms with E-state index >= 15 is 0 Å². The van der Waals surface area contributed by atoms with Gasteiger partial charge in [-0.15, -0.1) is 0 Å². The molecule has 2 saturated heterocycles. The van der Waals surface area contributed by atoms with E-state index < -0.39 is 8.53 Å². The van der Waals surface area contributed by atoms with Crippen molar-refractivity contribution >= 4 is 8.53 Å². The van der Waals surface area contributed by atoms with Gasteiger partial charge in [0.15, 0.2) is 0 Å².